The summed E-state index contributed by atoms with van der Waals surface area (Å²) in [6, 6.07) is 16.5. The first kappa shape index (κ1) is 19.3. The van der Waals surface area contributed by atoms with Crippen LogP contribution in [-0.2, 0) is 4.79 Å². The number of hydrogen-bond acceptors (Lipinski definition) is 4. The second kappa shape index (κ2) is 9.48. The molecule has 2 atom stereocenters. The quantitative estimate of drug-likeness (QED) is 0.749. The van der Waals surface area contributed by atoms with E-state index in [1.165, 1.54) is 12.1 Å². The first-order chi connectivity index (χ1) is 13.1. The smallest absolute Gasteiger partial charge is 0.260 e. The zero-order valence-electron chi connectivity index (χ0n) is 15.5. The predicted octanol–water partition coefficient (Wildman–Crippen LogP) is 3.05. The summed E-state index contributed by atoms with van der Waals surface area (Å²) in [4.78, 5) is 13.9. The molecule has 2 aromatic carbocycles. The molecule has 2 aromatic rings. The molecule has 2 N–H and O–H groups in total. The zero-order valence-corrected chi connectivity index (χ0v) is 15.5. The van der Waals surface area contributed by atoms with Crippen molar-refractivity contribution in [3.05, 3.63) is 66.0 Å². The van der Waals surface area contributed by atoms with Crippen LogP contribution < -0.4 is 15.6 Å². The van der Waals surface area contributed by atoms with E-state index in [-0.39, 0.29) is 24.4 Å². The second-order valence-electron chi connectivity index (χ2n) is 6.88. The van der Waals surface area contributed by atoms with Crippen molar-refractivity contribution in [1.82, 2.24) is 15.8 Å². The average Bonchev–Trinajstić information content (AvgIpc) is 3.16. The molecule has 1 saturated heterocycles. The number of amides is 1. The number of carbonyl (C=O) groups is 1. The lowest BCUT2D eigenvalue weighted by Crippen LogP contribution is -2.34. The summed E-state index contributed by atoms with van der Waals surface area (Å²) in [5.41, 5.74) is 7.65. The van der Waals surface area contributed by atoms with Gasteiger partial charge in [0, 0.05) is 25.7 Å². The van der Waals surface area contributed by atoms with Crippen molar-refractivity contribution in [2.24, 2.45) is 0 Å². The van der Waals surface area contributed by atoms with Gasteiger partial charge in [-0.1, -0.05) is 30.3 Å². The average molecular weight is 371 g/mol. The Morgan fingerprint density at radius 3 is 2.63 bits per heavy atom. The number of benzene rings is 2. The Balaban J connectivity index is 1.34. The number of halogens is 1. The second-order valence-corrected chi connectivity index (χ2v) is 6.88. The topological polar surface area (TPSA) is 53.6 Å². The summed E-state index contributed by atoms with van der Waals surface area (Å²) in [5, 5.41) is 0. The van der Waals surface area contributed by atoms with Crippen molar-refractivity contribution in [3.63, 3.8) is 0 Å². The minimum Gasteiger partial charge on any atom is -0.484 e. The molecule has 0 aromatic heterocycles. The highest BCUT2D eigenvalue weighted by atomic mass is 19.1. The summed E-state index contributed by atoms with van der Waals surface area (Å²) in [6.45, 7) is 0.743. The number of nitrogens with zero attached hydrogens (tertiary/aromatic N) is 1. The maximum atomic E-state index is 13.0. The monoisotopic (exact) mass is 371 g/mol. The molecule has 2 unspecified atom stereocenters. The first-order valence-electron chi connectivity index (χ1n) is 9.30. The molecule has 6 heteroatoms. The molecular weight excluding hydrogens is 345 g/mol. The molecular formula is C21H26FN3O2. The van der Waals surface area contributed by atoms with E-state index in [2.05, 4.69) is 10.9 Å². The molecule has 1 heterocycles. The van der Waals surface area contributed by atoms with E-state index in [0.717, 1.165) is 24.8 Å². The van der Waals surface area contributed by atoms with Crippen molar-refractivity contribution in [2.75, 3.05) is 20.2 Å². The molecule has 0 spiro atoms. The summed E-state index contributed by atoms with van der Waals surface area (Å²) in [5.74, 6) is 0.457. The third-order valence-corrected chi connectivity index (χ3v) is 4.83. The van der Waals surface area contributed by atoms with E-state index < -0.39 is 0 Å². The van der Waals surface area contributed by atoms with E-state index in [1.54, 1.807) is 11.9 Å². The van der Waals surface area contributed by atoms with Gasteiger partial charge in [0.05, 0.1) is 0 Å². The summed E-state index contributed by atoms with van der Waals surface area (Å²) in [7, 11) is 1.80. The lowest BCUT2D eigenvalue weighted by atomic mass is 9.99. The zero-order chi connectivity index (χ0) is 19.1. The van der Waals surface area contributed by atoms with Gasteiger partial charge < -0.3 is 9.64 Å². The number of ether oxygens (including phenoxy) is 1. The maximum Gasteiger partial charge on any atom is 0.260 e. The van der Waals surface area contributed by atoms with Crippen LogP contribution >= 0.6 is 0 Å². The molecule has 0 saturated carbocycles. The van der Waals surface area contributed by atoms with Gasteiger partial charge in [0.2, 0.25) is 0 Å². The van der Waals surface area contributed by atoms with Gasteiger partial charge in [-0.15, -0.1) is 0 Å². The molecule has 3 rings (SSSR count). The van der Waals surface area contributed by atoms with Crippen LogP contribution in [0.25, 0.3) is 0 Å². The summed E-state index contributed by atoms with van der Waals surface area (Å²) in [6.07, 6.45) is 2.81. The fourth-order valence-corrected chi connectivity index (χ4v) is 3.20. The van der Waals surface area contributed by atoms with E-state index in [0.29, 0.717) is 18.3 Å². The van der Waals surface area contributed by atoms with Crippen molar-refractivity contribution in [3.8, 4) is 5.75 Å². The van der Waals surface area contributed by atoms with Crippen LogP contribution in [0.5, 0.6) is 5.75 Å². The Hall–Kier alpha value is -2.44. The maximum absolute atomic E-state index is 13.0. The SMILES string of the molecule is CN(CCCC1CC(c2ccc(F)cc2)NN1)C(=O)COc1ccccc1. The van der Waals surface area contributed by atoms with Crippen molar-refractivity contribution in [1.29, 1.82) is 0 Å². The number of hydrazine groups is 1. The van der Waals surface area contributed by atoms with Gasteiger partial charge in [-0.3, -0.25) is 15.6 Å². The van der Waals surface area contributed by atoms with Crippen LogP contribution in [0.4, 0.5) is 4.39 Å². The fourth-order valence-electron chi connectivity index (χ4n) is 3.20. The Kier molecular flexibility index (Phi) is 6.79. The van der Waals surface area contributed by atoms with Crippen LogP contribution in [0.2, 0.25) is 0 Å². The Morgan fingerprint density at radius 1 is 1.15 bits per heavy atom. The summed E-state index contributed by atoms with van der Waals surface area (Å²) >= 11 is 0. The molecule has 0 bridgehead atoms. The van der Waals surface area contributed by atoms with Gasteiger partial charge in [0.25, 0.3) is 5.91 Å². The highest BCUT2D eigenvalue weighted by molar-refractivity contribution is 5.77. The minimum atomic E-state index is -0.217. The van der Waals surface area contributed by atoms with Gasteiger partial charge in [0.15, 0.2) is 6.61 Å². The summed E-state index contributed by atoms with van der Waals surface area (Å²) < 4.78 is 18.5. The Bertz CT molecular complexity index is 724. The van der Waals surface area contributed by atoms with E-state index in [4.69, 9.17) is 4.74 Å². The van der Waals surface area contributed by atoms with Gasteiger partial charge in [-0.2, -0.15) is 0 Å². The van der Waals surface area contributed by atoms with Crippen LogP contribution in [0.15, 0.2) is 54.6 Å². The third-order valence-electron chi connectivity index (χ3n) is 4.83. The first-order valence-corrected chi connectivity index (χ1v) is 9.30. The van der Waals surface area contributed by atoms with Crippen molar-refractivity contribution < 1.29 is 13.9 Å². The van der Waals surface area contributed by atoms with E-state index in [9.17, 15) is 9.18 Å². The largest absolute Gasteiger partial charge is 0.484 e. The normalized spacial score (nSPS) is 19.0. The van der Waals surface area contributed by atoms with Gasteiger partial charge >= 0.3 is 0 Å². The molecule has 5 nitrogen and oxygen atoms in total. The molecule has 1 aliphatic heterocycles. The van der Waals surface area contributed by atoms with Crippen LogP contribution in [0.1, 0.15) is 30.9 Å². The van der Waals surface area contributed by atoms with E-state index >= 15 is 0 Å². The molecule has 0 aliphatic carbocycles. The number of carbonyl (C=O) groups excluding carboxylic acids is 1. The van der Waals surface area contributed by atoms with Crippen LogP contribution in [0.3, 0.4) is 0 Å². The lowest BCUT2D eigenvalue weighted by Gasteiger charge is -2.18. The van der Waals surface area contributed by atoms with Gasteiger partial charge in [-0.05, 0) is 49.1 Å². The molecule has 1 fully saturated rings. The number of likely N-dealkylation sites (N-methyl/N-ethyl adjacent to an activating group) is 1. The highest BCUT2D eigenvalue weighted by Crippen LogP contribution is 2.24. The molecule has 1 amide bonds. The lowest BCUT2D eigenvalue weighted by molar-refractivity contribution is -0.132. The number of nitrogens with one attached hydrogen (secondary N) is 2. The van der Waals surface area contributed by atoms with Crippen LogP contribution in [-0.4, -0.2) is 37.0 Å². The third kappa shape index (κ3) is 5.77. The van der Waals surface area contributed by atoms with Gasteiger partial charge in [-0.25, -0.2) is 4.39 Å². The highest BCUT2D eigenvalue weighted by Gasteiger charge is 2.24. The van der Waals surface area contributed by atoms with E-state index in [1.807, 2.05) is 42.5 Å². The number of hydrogen-bond donors (Lipinski definition) is 2. The molecule has 0 radical (unpaired) electrons. The minimum absolute atomic E-state index is 0.0273. The fraction of sp³-hybridized carbons (Fsp3) is 0.381. The molecule has 1 aliphatic rings. The van der Waals surface area contributed by atoms with Crippen LogP contribution in [0, 0.1) is 5.82 Å². The number of para-hydroxylation sites is 1. The number of rotatable bonds is 8. The Labute approximate surface area is 159 Å². The molecule has 27 heavy (non-hydrogen) atoms. The Morgan fingerprint density at radius 2 is 1.89 bits per heavy atom. The molecule has 144 valence electrons. The van der Waals surface area contributed by atoms with Crippen molar-refractivity contribution >= 4 is 5.91 Å². The van der Waals surface area contributed by atoms with Crippen molar-refractivity contribution in [2.45, 2.75) is 31.3 Å². The standard InChI is InChI=1S/C21H26FN3O2/c1-25(21(26)15-27-19-7-3-2-4-8-19)13-5-6-18-14-20(24-23-18)16-9-11-17(22)12-10-16/h2-4,7-12,18,20,23-24H,5-6,13-15H2,1H3. The van der Waals surface area contributed by atoms with Gasteiger partial charge in [0.1, 0.15) is 11.6 Å². The predicted molar refractivity (Wildman–Crippen MR) is 103 cm³/mol.